The lowest BCUT2D eigenvalue weighted by molar-refractivity contribution is -0.133. The van der Waals surface area contributed by atoms with Crippen LogP contribution in [0.4, 0.5) is 4.39 Å². The van der Waals surface area contributed by atoms with Crippen LogP contribution in [0.1, 0.15) is 55.8 Å². The van der Waals surface area contributed by atoms with Crippen molar-refractivity contribution in [1.82, 2.24) is 19.2 Å². The Morgan fingerprint density at radius 2 is 1.89 bits per heavy atom. The monoisotopic (exact) mass is 406 g/mol. The summed E-state index contributed by atoms with van der Waals surface area (Å²) in [5, 5.41) is 4.70. The molecule has 1 unspecified atom stereocenters. The van der Waals surface area contributed by atoms with Crippen LogP contribution in [-0.4, -0.2) is 38.2 Å². The largest absolute Gasteiger partial charge is 0.346 e. The Hall–Kier alpha value is -2.15. The maximum Gasteiger partial charge on any atom is 0.346 e. The molecule has 6 nitrogen and oxygen atoms in total. The van der Waals surface area contributed by atoms with Crippen molar-refractivity contribution < 1.29 is 9.18 Å². The molecule has 1 aromatic heterocycles. The molecule has 1 fully saturated rings. The van der Waals surface area contributed by atoms with E-state index in [0.29, 0.717) is 18.8 Å². The Morgan fingerprint density at radius 1 is 1.14 bits per heavy atom. The predicted molar refractivity (Wildman–Crippen MR) is 104 cm³/mol. The van der Waals surface area contributed by atoms with E-state index >= 15 is 0 Å². The minimum atomic E-state index is -0.470. The Balaban J connectivity index is 1.64. The third-order valence-corrected chi connectivity index (χ3v) is 6.08. The maximum absolute atomic E-state index is 14.1. The minimum absolute atomic E-state index is 0.0467. The van der Waals surface area contributed by atoms with Crippen LogP contribution in [0.25, 0.3) is 0 Å². The van der Waals surface area contributed by atoms with Gasteiger partial charge in [0.05, 0.1) is 12.5 Å². The van der Waals surface area contributed by atoms with Gasteiger partial charge in [0.1, 0.15) is 11.6 Å². The zero-order chi connectivity index (χ0) is 19.7. The van der Waals surface area contributed by atoms with Crippen LogP contribution in [0.15, 0.2) is 23.0 Å². The van der Waals surface area contributed by atoms with Gasteiger partial charge in [-0.3, -0.25) is 9.36 Å². The van der Waals surface area contributed by atoms with Gasteiger partial charge in [-0.05, 0) is 37.8 Å². The fourth-order valence-corrected chi connectivity index (χ4v) is 4.41. The summed E-state index contributed by atoms with van der Waals surface area (Å²) < 4.78 is 16.9. The quantitative estimate of drug-likeness (QED) is 0.786. The van der Waals surface area contributed by atoms with Gasteiger partial charge in [0.15, 0.2) is 0 Å². The first kappa shape index (κ1) is 19.2. The standard InChI is InChI=1S/C20H24ClFN4O2/c21-16-8-5-9-17(22)15(16)13-26-20(28)25-12-6-7-14(18(25)23-26)19(27)24-10-3-1-2-4-11-24/h5,8-9,14H,1-4,6-7,10-13H2. The maximum atomic E-state index is 14.1. The molecule has 1 aromatic carbocycles. The fraction of sp³-hybridized carbons (Fsp3) is 0.550. The smallest absolute Gasteiger partial charge is 0.342 e. The Bertz CT molecular complexity index is 911. The van der Waals surface area contributed by atoms with Gasteiger partial charge in [-0.15, -0.1) is 0 Å². The molecule has 3 heterocycles. The van der Waals surface area contributed by atoms with Crippen LogP contribution >= 0.6 is 11.6 Å². The Morgan fingerprint density at radius 3 is 2.61 bits per heavy atom. The number of fused-ring (bicyclic) bond motifs is 1. The van der Waals surface area contributed by atoms with Crippen molar-refractivity contribution in [3.8, 4) is 0 Å². The number of halogens is 2. The summed E-state index contributed by atoms with van der Waals surface area (Å²) in [5.41, 5.74) is -0.0835. The molecule has 0 saturated carbocycles. The fourth-order valence-electron chi connectivity index (χ4n) is 4.19. The first-order valence-corrected chi connectivity index (χ1v) is 10.3. The van der Waals surface area contributed by atoms with Gasteiger partial charge in [-0.1, -0.05) is 30.5 Å². The van der Waals surface area contributed by atoms with E-state index in [1.54, 1.807) is 10.6 Å². The van der Waals surface area contributed by atoms with E-state index in [1.165, 1.54) is 16.8 Å². The van der Waals surface area contributed by atoms with Crippen LogP contribution in [0.5, 0.6) is 0 Å². The van der Waals surface area contributed by atoms with Crippen LogP contribution in [0.3, 0.4) is 0 Å². The second-order valence-electron chi connectivity index (χ2n) is 7.58. The molecule has 0 aliphatic carbocycles. The number of nitrogens with zero attached hydrogens (tertiary/aromatic N) is 4. The molecular weight excluding hydrogens is 383 g/mol. The topological polar surface area (TPSA) is 60.1 Å². The summed E-state index contributed by atoms with van der Waals surface area (Å²) in [4.78, 5) is 27.9. The molecule has 8 heteroatoms. The molecule has 1 amide bonds. The van der Waals surface area contributed by atoms with Crippen molar-refractivity contribution in [3.05, 3.63) is 50.9 Å². The van der Waals surface area contributed by atoms with E-state index in [0.717, 1.165) is 45.2 Å². The second kappa shape index (κ2) is 8.07. The molecule has 1 atom stereocenters. The van der Waals surface area contributed by atoms with Crippen molar-refractivity contribution in [3.63, 3.8) is 0 Å². The molecule has 0 N–H and O–H groups in total. The summed E-state index contributed by atoms with van der Waals surface area (Å²) in [5.74, 6) is -0.318. The van der Waals surface area contributed by atoms with E-state index in [4.69, 9.17) is 11.6 Å². The molecule has 2 aliphatic heterocycles. The number of carbonyl (C=O) groups excluding carboxylic acids is 1. The molecule has 1 saturated heterocycles. The summed E-state index contributed by atoms with van der Waals surface area (Å²) in [6, 6.07) is 4.43. The van der Waals surface area contributed by atoms with E-state index < -0.39 is 11.7 Å². The third-order valence-electron chi connectivity index (χ3n) is 5.72. The SMILES string of the molecule is O=C(C1CCCn2c1nn(Cc1c(F)cccc1Cl)c2=O)N1CCCCCC1. The molecule has 4 rings (SSSR count). The van der Waals surface area contributed by atoms with Crippen molar-refractivity contribution in [1.29, 1.82) is 0 Å². The van der Waals surface area contributed by atoms with Crippen molar-refractivity contribution in [2.24, 2.45) is 0 Å². The molecule has 2 aromatic rings. The highest BCUT2D eigenvalue weighted by Crippen LogP contribution is 2.28. The van der Waals surface area contributed by atoms with Gasteiger partial charge >= 0.3 is 5.69 Å². The molecular formula is C20H24ClFN4O2. The second-order valence-corrected chi connectivity index (χ2v) is 7.99. The lowest BCUT2D eigenvalue weighted by atomic mass is 9.97. The number of likely N-dealkylation sites (tertiary alicyclic amines) is 1. The molecule has 28 heavy (non-hydrogen) atoms. The van der Waals surface area contributed by atoms with E-state index in [1.807, 2.05) is 4.90 Å². The molecule has 150 valence electrons. The lowest BCUT2D eigenvalue weighted by Crippen LogP contribution is -2.39. The van der Waals surface area contributed by atoms with Gasteiger partial charge < -0.3 is 4.90 Å². The first-order valence-electron chi connectivity index (χ1n) is 9.95. The Labute approximate surface area is 167 Å². The number of rotatable bonds is 3. The lowest BCUT2D eigenvalue weighted by Gasteiger charge is -2.28. The van der Waals surface area contributed by atoms with Crippen molar-refractivity contribution in [2.45, 2.75) is 57.5 Å². The summed E-state index contributed by atoms with van der Waals surface area (Å²) >= 11 is 6.10. The first-order chi connectivity index (χ1) is 13.6. The van der Waals surface area contributed by atoms with E-state index in [9.17, 15) is 14.0 Å². The minimum Gasteiger partial charge on any atom is -0.342 e. The van der Waals surface area contributed by atoms with Gasteiger partial charge in [-0.2, -0.15) is 5.10 Å². The number of hydrogen-bond acceptors (Lipinski definition) is 3. The highest BCUT2D eigenvalue weighted by atomic mass is 35.5. The summed E-state index contributed by atoms with van der Waals surface area (Å²) in [7, 11) is 0. The normalized spacial score (nSPS) is 19.9. The van der Waals surface area contributed by atoms with Crippen molar-refractivity contribution in [2.75, 3.05) is 13.1 Å². The van der Waals surface area contributed by atoms with Gasteiger partial charge in [0, 0.05) is 30.2 Å². The van der Waals surface area contributed by atoms with Gasteiger partial charge in [0.2, 0.25) is 5.91 Å². The average molecular weight is 407 g/mol. The van der Waals surface area contributed by atoms with Crippen LogP contribution in [0.2, 0.25) is 5.02 Å². The van der Waals surface area contributed by atoms with Crippen molar-refractivity contribution >= 4 is 17.5 Å². The van der Waals surface area contributed by atoms with E-state index in [2.05, 4.69) is 5.10 Å². The summed E-state index contributed by atoms with van der Waals surface area (Å²) in [6.45, 7) is 2.02. The number of carbonyl (C=O) groups is 1. The molecule has 0 bridgehead atoms. The van der Waals surface area contributed by atoms with Crippen LogP contribution in [-0.2, 0) is 17.9 Å². The highest BCUT2D eigenvalue weighted by molar-refractivity contribution is 6.31. The predicted octanol–water partition coefficient (Wildman–Crippen LogP) is 3.17. The molecule has 2 aliphatic rings. The average Bonchev–Trinajstić information content (AvgIpc) is 2.87. The Kier molecular flexibility index (Phi) is 5.53. The number of hydrogen-bond donors (Lipinski definition) is 0. The van der Waals surface area contributed by atoms with Gasteiger partial charge in [0.25, 0.3) is 0 Å². The zero-order valence-corrected chi connectivity index (χ0v) is 16.5. The third kappa shape index (κ3) is 3.60. The zero-order valence-electron chi connectivity index (χ0n) is 15.7. The highest BCUT2D eigenvalue weighted by Gasteiger charge is 2.34. The molecule has 0 radical (unpaired) electrons. The number of amides is 1. The summed E-state index contributed by atoms with van der Waals surface area (Å²) in [6.07, 6.45) is 5.78. The van der Waals surface area contributed by atoms with Crippen LogP contribution < -0.4 is 5.69 Å². The molecule has 0 spiro atoms. The van der Waals surface area contributed by atoms with Crippen LogP contribution in [0, 0.1) is 5.82 Å². The van der Waals surface area contributed by atoms with Gasteiger partial charge in [-0.25, -0.2) is 13.9 Å². The number of aromatic nitrogens is 3. The van der Waals surface area contributed by atoms with E-state index in [-0.39, 0.29) is 28.7 Å². The number of benzene rings is 1.